The van der Waals surface area contributed by atoms with Crippen LogP contribution in [0.4, 0.5) is 5.95 Å². The SMILES string of the molecule is Cc1cc(C)nc(NC/C=C/CN)n1. The minimum absolute atomic E-state index is 0.565. The van der Waals surface area contributed by atoms with Gasteiger partial charge in [-0.1, -0.05) is 12.2 Å². The normalized spacial score (nSPS) is 10.8. The summed E-state index contributed by atoms with van der Waals surface area (Å²) >= 11 is 0. The van der Waals surface area contributed by atoms with Gasteiger partial charge in [0.15, 0.2) is 0 Å². The number of hydrogen-bond donors (Lipinski definition) is 2. The molecule has 1 aromatic heterocycles. The molecule has 0 saturated carbocycles. The van der Waals surface area contributed by atoms with Gasteiger partial charge in [0.25, 0.3) is 0 Å². The largest absolute Gasteiger partial charge is 0.351 e. The third-order valence-electron chi connectivity index (χ3n) is 1.66. The van der Waals surface area contributed by atoms with Gasteiger partial charge in [0, 0.05) is 24.5 Å². The fourth-order valence-electron chi connectivity index (χ4n) is 1.13. The lowest BCUT2D eigenvalue weighted by molar-refractivity contribution is 1.04. The second-order valence-corrected chi connectivity index (χ2v) is 3.06. The van der Waals surface area contributed by atoms with Crippen molar-refractivity contribution in [2.24, 2.45) is 5.73 Å². The van der Waals surface area contributed by atoms with Crippen LogP contribution in [0.5, 0.6) is 0 Å². The fourth-order valence-corrected chi connectivity index (χ4v) is 1.13. The van der Waals surface area contributed by atoms with Crippen LogP contribution in [0.1, 0.15) is 11.4 Å². The number of nitrogens with zero attached hydrogens (tertiary/aromatic N) is 2. The molecule has 0 atom stereocenters. The number of anilines is 1. The first-order valence-corrected chi connectivity index (χ1v) is 4.63. The van der Waals surface area contributed by atoms with E-state index in [-0.39, 0.29) is 0 Å². The first kappa shape index (κ1) is 10.7. The van der Waals surface area contributed by atoms with Crippen molar-refractivity contribution in [2.45, 2.75) is 13.8 Å². The van der Waals surface area contributed by atoms with Crippen LogP contribution >= 0.6 is 0 Å². The predicted molar refractivity (Wildman–Crippen MR) is 58.2 cm³/mol. The van der Waals surface area contributed by atoms with E-state index < -0.39 is 0 Å². The van der Waals surface area contributed by atoms with Gasteiger partial charge in [-0.3, -0.25) is 0 Å². The van der Waals surface area contributed by atoms with Crippen molar-refractivity contribution in [2.75, 3.05) is 18.4 Å². The van der Waals surface area contributed by atoms with E-state index in [0.717, 1.165) is 11.4 Å². The highest BCUT2D eigenvalue weighted by Crippen LogP contribution is 2.02. The lowest BCUT2D eigenvalue weighted by Gasteiger charge is -2.03. The summed E-state index contributed by atoms with van der Waals surface area (Å²) in [5.41, 5.74) is 7.26. The Bertz CT molecular complexity index is 300. The van der Waals surface area contributed by atoms with Gasteiger partial charge in [0.1, 0.15) is 0 Å². The van der Waals surface area contributed by atoms with E-state index in [1.807, 2.05) is 32.1 Å². The van der Waals surface area contributed by atoms with Crippen LogP contribution in [-0.2, 0) is 0 Å². The van der Waals surface area contributed by atoms with Crippen LogP contribution in [0, 0.1) is 13.8 Å². The van der Waals surface area contributed by atoms with Crippen LogP contribution in [0.25, 0.3) is 0 Å². The molecular formula is C10H16N4. The molecule has 0 spiro atoms. The molecule has 0 saturated heterocycles. The second-order valence-electron chi connectivity index (χ2n) is 3.06. The van der Waals surface area contributed by atoms with Crippen molar-refractivity contribution in [3.63, 3.8) is 0 Å². The summed E-state index contributed by atoms with van der Waals surface area (Å²) < 4.78 is 0. The number of nitrogens with one attached hydrogen (secondary N) is 1. The molecule has 0 fully saturated rings. The first-order valence-electron chi connectivity index (χ1n) is 4.63. The number of rotatable bonds is 4. The minimum atomic E-state index is 0.565. The minimum Gasteiger partial charge on any atom is -0.351 e. The maximum atomic E-state index is 5.31. The average Bonchev–Trinajstić information content (AvgIpc) is 2.11. The summed E-state index contributed by atoms with van der Waals surface area (Å²) in [4.78, 5) is 8.49. The highest BCUT2D eigenvalue weighted by atomic mass is 15.1. The van der Waals surface area contributed by atoms with E-state index >= 15 is 0 Å². The Kier molecular flexibility index (Phi) is 4.07. The van der Waals surface area contributed by atoms with Gasteiger partial charge in [0.05, 0.1) is 0 Å². The molecule has 0 unspecified atom stereocenters. The Morgan fingerprint density at radius 2 is 1.93 bits per heavy atom. The molecule has 1 rings (SSSR count). The topological polar surface area (TPSA) is 63.8 Å². The number of nitrogens with two attached hydrogens (primary N) is 1. The molecule has 4 nitrogen and oxygen atoms in total. The van der Waals surface area contributed by atoms with E-state index in [1.54, 1.807) is 0 Å². The molecule has 0 bridgehead atoms. The molecule has 0 aliphatic carbocycles. The predicted octanol–water partition coefficient (Wildman–Crippen LogP) is 1.02. The quantitative estimate of drug-likeness (QED) is 0.699. The molecule has 76 valence electrons. The Balaban J connectivity index is 2.54. The summed E-state index contributed by atoms with van der Waals surface area (Å²) in [5.74, 6) is 0.671. The van der Waals surface area contributed by atoms with Crippen molar-refractivity contribution in [3.8, 4) is 0 Å². The molecule has 1 aromatic rings. The molecular weight excluding hydrogens is 176 g/mol. The van der Waals surface area contributed by atoms with Crippen molar-refractivity contribution in [1.29, 1.82) is 0 Å². The molecule has 0 radical (unpaired) electrons. The number of hydrogen-bond acceptors (Lipinski definition) is 4. The number of aromatic nitrogens is 2. The van der Waals surface area contributed by atoms with Gasteiger partial charge in [-0.25, -0.2) is 9.97 Å². The Morgan fingerprint density at radius 3 is 2.50 bits per heavy atom. The Hall–Kier alpha value is -1.42. The van der Waals surface area contributed by atoms with Crippen molar-refractivity contribution in [3.05, 3.63) is 29.6 Å². The molecule has 14 heavy (non-hydrogen) atoms. The van der Waals surface area contributed by atoms with Gasteiger partial charge in [-0.05, 0) is 19.9 Å². The van der Waals surface area contributed by atoms with Gasteiger partial charge in [-0.15, -0.1) is 0 Å². The maximum Gasteiger partial charge on any atom is 0.223 e. The van der Waals surface area contributed by atoms with Crippen LogP contribution in [0.3, 0.4) is 0 Å². The summed E-state index contributed by atoms with van der Waals surface area (Å²) in [7, 11) is 0. The summed E-state index contributed by atoms with van der Waals surface area (Å²) in [6.45, 7) is 5.18. The summed E-state index contributed by atoms with van der Waals surface area (Å²) in [5, 5.41) is 3.10. The van der Waals surface area contributed by atoms with Gasteiger partial charge in [0.2, 0.25) is 5.95 Å². The van der Waals surface area contributed by atoms with Crippen molar-refractivity contribution >= 4 is 5.95 Å². The molecule has 0 aliphatic heterocycles. The van der Waals surface area contributed by atoms with E-state index in [4.69, 9.17) is 5.73 Å². The highest BCUT2D eigenvalue weighted by molar-refractivity contribution is 5.28. The maximum absolute atomic E-state index is 5.31. The fraction of sp³-hybridized carbons (Fsp3) is 0.400. The highest BCUT2D eigenvalue weighted by Gasteiger charge is 1.96. The third-order valence-corrected chi connectivity index (χ3v) is 1.66. The average molecular weight is 192 g/mol. The standard InChI is InChI=1S/C10H16N4/c1-8-7-9(2)14-10(13-8)12-6-4-3-5-11/h3-4,7H,5-6,11H2,1-2H3,(H,12,13,14)/b4-3+. The monoisotopic (exact) mass is 192 g/mol. The Morgan fingerprint density at radius 1 is 1.29 bits per heavy atom. The van der Waals surface area contributed by atoms with E-state index in [2.05, 4.69) is 15.3 Å². The second kappa shape index (κ2) is 5.34. The lowest BCUT2D eigenvalue weighted by Crippen LogP contribution is -2.05. The molecule has 1 heterocycles. The Labute approximate surface area is 84.3 Å². The number of aryl methyl sites for hydroxylation is 2. The molecule has 3 N–H and O–H groups in total. The van der Waals surface area contributed by atoms with Crippen molar-refractivity contribution < 1.29 is 0 Å². The van der Waals surface area contributed by atoms with E-state index in [9.17, 15) is 0 Å². The van der Waals surface area contributed by atoms with Crippen LogP contribution in [0.2, 0.25) is 0 Å². The van der Waals surface area contributed by atoms with Gasteiger partial charge in [-0.2, -0.15) is 0 Å². The zero-order valence-electron chi connectivity index (χ0n) is 8.62. The van der Waals surface area contributed by atoms with Crippen LogP contribution < -0.4 is 11.1 Å². The third kappa shape index (κ3) is 3.53. The lowest BCUT2D eigenvalue weighted by atomic mass is 10.4. The van der Waals surface area contributed by atoms with Crippen LogP contribution in [-0.4, -0.2) is 23.1 Å². The molecule has 0 aliphatic rings. The molecule has 4 heteroatoms. The van der Waals surface area contributed by atoms with Gasteiger partial charge >= 0.3 is 0 Å². The smallest absolute Gasteiger partial charge is 0.223 e. The zero-order chi connectivity index (χ0) is 10.4. The van der Waals surface area contributed by atoms with E-state index in [1.165, 1.54) is 0 Å². The first-order chi connectivity index (χ1) is 6.72. The molecule has 0 amide bonds. The van der Waals surface area contributed by atoms with Crippen molar-refractivity contribution in [1.82, 2.24) is 9.97 Å². The molecule has 0 aromatic carbocycles. The zero-order valence-corrected chi connectivity index (χ0v) is 8.62. The summed E-state index contributed by atoms with van der Waals surface area (Å²) in [6.07, 6.45) is 3.86. The van der Waals surface area contributed by atoms with Crippen LogP contribution in [0.15, 0.2) is 18.2 Å². The summed E-state index contributed by atoms with van der Waals surface area (Å²) in [6, 6.07) is 1.95. The van der Waals surface area contributed by atoms with E-state index in [0.29, 0.717) is 19.0 Å². The van der Waals surface area contributed by atoms with Gasteiger partial charge < -0.3 is 11.1 Å².